The molecule has 0 bridgehead atoms. The van der Waals surface area contributed by atoms with Gasteiger partial charge in [0.05, 0.1) is 25.0 Å². The van der Waals surface area contributed by atoms with Crippen molar-refractivity contribution in [2.24, 2.45) is 5.92 Å². The molecule has 1 heterocycles. The van der Waals surface area contributed by atoms with Crippen LogP contribution in [0.1, 0.15) is 52.6 Å². The Kier molecular flexibility index (Phi) is 7.91. The summed E-state index contributed by atoms with van der Waals surface area (Å²) >= 11 is 0. The van der Waals surface area contributed by atoms with E-state index in [4.69, 9.17) is 11.3 Å². The Morgan fingerprint density at radius 1 is 1.13 bits per heavy atom. The summed E-state index contributed by atoms with van der Waals surface area (Å²) in [5, 5.41) is 9.70. The second-order valence-corrected chi connectivity index (χ2v) is 12.0. The molecule has 8 heteroatoms. The molecular formula is C30H32N2O5S. The van der Waals surface area contributed by atoms with Gasteiger partial charge in [-0.1, -0.05) is 48.9 Å². The topological polar surface area (TPSA) is 88.3 Å². The van der Waals surface area contributed by atoms with Crippen LogP contribution in [0.15, 0.2) is 59.5 Å². The second-order valence-electron chi connectivity index (χ2n) is 10.1. The minimum Gasteiger partial charge on any atom is -0.497 e. The number of ether oxygens (including phenoxy) is 1. The van der Waals surface area contributed by atoms with Gasteiger partial charge in [-0.25, -0.2) is 13.3 Å². The molecule has 198 valence electrons. The number of hydrogen-bond acceptors (Lipinski definition) is 4. The Hall–Kier alpha value is -3.67. The van der Waals surface area contributed by atoms with Crippen LogP contribution in [-0.2, 0) is 27.8 Å². The van der Waals surface area contributed by atoms with Gasteiger partial charge in [-0.3, -0.25) is 4.79 Å². The molecule has 1 aliphatic rings. The van der Waals surface area contributed by atoms with Crippen molar-refractivity contribution in [1.82, 2.24) is 4.31 Å². The minimum atomic E-state index is -3.76. The summed E-state index contributed by atoms with van der Waals surface area (Å²) in [5.74, 6) is -0.626. The Labute approximate surface area is 224 Å². The lowest BCUT2D eigenvalue weighted by Gasteiger charge is -2.25. The van der Waals surface area contributed by atoms with Gasteiger partial charge in [0.15, 0.2) is 5.69 Å². The van der Waals surface area contributed by atoms with Crippen molar-refractivity contribution in [2.75, 3.05) is 13.7 Å². The summed E-state index contributed by atoms with van der Waals surface area (Å²) in [6, 6.07) is 16.2. The molecule has 3 aromatic carbocycles. The highest BCUT2D eigenvalue weighted by atomic mass is 32.2. The van der Waals surface area contributed by atoms with E-state index in [1.54, 1.807) is 37.4 Å². The standard InChI is InChI=1S/C30H32N2O5S/c1-19-12-23-15-26(37-5)9-11-29(23)38(35,36)32(17-19)18-24-14-22(7-6-20(24)2)28(16-30(33)34)27-10-8-25(31-4)13-21(27)3/h6-11,13-15,19,28H,12,16-18H2,1-3,5H3,(H,33,34). The van der Waals surface area contributed by atoms with E-state index in [1.165, 1.54) is 4.31 Å². The third kappa shape index (κ3) is 5.59. The fraction of sp³-hybridized carbons (Fsp3) is 0.333. The minimum absolute atomic E-state index is 0.102. The molecular weight excluding hydrogens is 500 g/mol. The first kappa shape index (κ1) is 27.4. The molecule has 0 amide bonds. The number of benzene rings is 3. The first-order chi connectivity index (χ1) is 18.0. The summed E-state index contributed by atoms with van der Waals surface area (Å²) in [7, 11) is -2.19. The van der Waals surface area contributed by atoms with Gasteiger partial charge >= 0.3 is 5.97 Å². The van der Waals surface area contributed by atoms with Crippen molar-refractivity contribution >= 4 is 21.7 Å². The van der Waals surface area contributed by atoms with Crippen molar-refractivity contribution in [2.45, 2.75) is 51.0 Å². The number of hydrogen-bond donors (Lipinski definition) is 1. The average molecular weight is 533 g/mol. The number of aryl methyl sites for hydroxylation is 2. The largest absolute Gasteiger partial charge is 0.497 e. The van der Waals surface area contributed by atoms with Crippen LogP contribution in [0.4, 0.5) is 5.69 Å². The summed E-state index contributed by atoms with van der Waals surface area (Å²) in [5.41, 5.74) is 5.52. The molecule has 1 N–H and O–H groups in total. The van der Waals surface area contributed by atoms with E-state index in [0.717, 1.165) is 33.4 Å². The Morgan fingerprint density at radius 2 is 1.89 bits per heavy atom. The highest BCUT2D eigenvalue weighted by Crippen LogP contribution is 2.35. The van der Waals surface area contributed by atoms with Crippen LogP contribution in [0.25, 0.3) is 4.85 Å². The smallest absolute Gasteiger partial charge is 0.304 e. The number of carboxylic acid groups (broad SMARTS) is 1. The first-order valence-corrected chi connectivity index (χ1v) is 13.9. The number of nitrogens with zero attached hydrogens (tertiary/aromatic N) is 2. The van der Waals surface area contributed by atoms with E-state index in [2.05, 4.69) is 4.85 Å². The number of fused-ring (bicyclic) bond motifs is 1. The fourth-order valence-corrected chi connectivity index (χ4v) is 6.99. The normalized spacial score (nSPS) is 17.6. The Morgan fingerprint density at radius 3 is 2.55 bits per heavy atom. The molecule has 4 rings (SSSR count). The van der Waals surface area contributed by atoms with Crippen LogP contribution in [-0.4, -0.2) is 37.5 Å². The van der Waals surface area contributed by atoms with Crippen LogP contribution < -0.4 is 4.74 Å². The van der Waals surface area contributed by atoms with E-state index in [1.807, 2.05) is 45.0 Å². The molecule has 0 fully saturated rings. The SMILES string of the molecule is [C-]#[N+]c1ccc(C(CC(=O)O)c2ccc(C)c(CN3CC(C)Cc4cc(OC)ccc4S3(=O)=O)c2)c(C)c1. The summed E-state index contributed by atoms with van der Waals surface area (Å²) in [6.45, 7) is 13.7. The van der Waals surface area contributed by atoms with Crippen LogP contribution in [0, 0.1) is 26.3 Å². The van der Waals surface area contributed by atoms with Gasteiger partial charge in [-0.05, 0) is 72.2 Å². The van der Waals surface area contributed by atoms with Crippen molar-refractivity contribution < 1.29 is 23.1 Å². The van der Waals surface area contributed by atoms with Crippen molar-refractivity contribution in [3.05, 3.63) is 99.4 Å². The van der Waals surface area contributed by atoms with Gasteiger partial charge in [0.1, 0.15) is 5.75 Å². The predicted octanol–water partition coefficient (Wildman–Crippen LogP) is 5.85. The number of sulfonamides is 1. The van der Waals surface area contributed by atoms with E-state index >= 15 is 0 Å². The second kappa shape index (κ2) is 11.0. The molecule has 7 nitrogen and oxygen atoms in total. The van der Waals surface area contributed by atoms with E-state index < -0.39 is 21.9 Å². The average Bonchev–Trinajstić information content (AvgIpc) is 2.96. The highest BCUT2D eigenvalue weighted by Gasteiger charge is 2.33. The van der Waals surface area contributed by atoms with Crippen molar-refractivity contribution in [3.63, 3.8) is 0 Å². The molecule has 2 atom stereocenters. The maximum atomic E-state index is 13.8. The Bertz CT molecular complexity index is 1520. The number of rotatable bonds is 7. The van der Waals surface area contributed by atoms with Gasteiger partial charge in [-0.15, -0.1) is 0 Å². The predicted molar refractivity (Wildman–Crippen MR) is 146 cm³/mol. The number of aliphatic carboxylic acids is 1. The fourth-order valence-electron chi connectivity index (χ4n) is 5.24. The lowest BCUT2D eigenvalue weighted by Crippen LogP contribution is -2.33. The summed E-state index contributed by atoms with van der Waals surface area (Å²) in [4.78, 5) is 15.6. The maximum Gasteiger partial charge on any atom is 0.304 e. The van der Waals surface area contributed by atoms with Crippen LogP contribution in [0.5, 0.6) is 5.75 Å². The number of methoxy groups -OCH3 is 1. The lowest BCUT2D eigenvalue weighted by atomic mass is 9.84. The molecule has 1 aliphatic heterocycles. The molecule has 0 radical (unpaired) electrons. The summed E-state index contributed by atoms with van der Waals surface area (Å²) < 4.78 is 34.4. The zero-order valence-corrected chi connectivity index (χ0v) is 22.9. The lowest BCUT2D eigenvalue weighted by molar-refractivity contribution is -0.137. The van der Waals surface area contributed by atoms with Gasteiger partial charge < -0.3 is 9.84 Å². The molecule has 0 spiro atoms. The van der Waals surface area contributed by atoms with Gasteiger partial charge in [-0.2, -0.15) is 4.31 Å². The maximum absolute atomic E-state index is 13.8. The summed E-state index contributed by atoms with van der Waals surface area (Å²) in [6.07, 6.45) is 0.511. The van der Waals surface area contributed by atoms with Crippen molar-refractivity contribution in [1.29, 1.82) is 0 Å². The van der Waals surface area contributed by atoms with E-state index in [9.17, 15) is 18.3 Å². The zero-order chi connectivity index (χ0) is 27.6. The molecule has 0 saturated heterocycles. The van der Waals surface area contributed by atoms with Gasteiger partial charge in [0.25, 0.3) is 0 Å². The zero-order valence-electron chi connectivity index (χ0n) is 22.1. The number of carbonyl (C=O) groups is 1. The molecule has 0 aliphatic carbocycles. The van der Waals surface area contributed by atoms with Gasteiger partial charge in [0, 0.05) is 19.0 Å². The van der Waals surface area contributed by atoms with Crippen molar-refractivity contribution in [3.8, 4) is 5.75 Å². The van der Waals surface area contributed by atoms with Crippen LogP contribution in [0.2, 0.25) is 0 Å². The molecule has 0 aromatic heterocycles. The Balaban J connectivity index is 1.74. The van der Waals surface area contributed by atoms with Crippen LogP contribution in [0.3, 0.4) is 0 Å². The van der Waals surface area contributed by atoms with Gasteiger partial charge in [0.2, 0.25) is 10.0 Å². The molecule has 0 saturated carbocycles. The molecule has 3 aromatic rings. The quantitative estimate of drug-likeness (QED) is 0.386. The van der Waals surface area contributed by atoms with E-state index in [-0.39, 0.29) is 18.9 Å². The number of carboxylic acids is 1. The molecule has 2 unspecified atom stereocenters. The highest BCUT2D eigenvalue weighted by molar-refractivity contribution is 7.89. The van der Waals surface area contributed by atoms with Crippen LogP contribution >= 0.6 is 0 Å². The van der Waals surface area contributed by atoms with E-state index in [0.29, 0.717) is 29.3 Å². The monoisotopic (exact) mass is 532 g/mol. The molecule has 38 heavy (non-hydrogen) atoms. The third-order valence-electron chi connectivity index (χ3n) is 7.23. The first-order valence-electron chi connectivity index (χ1n) is 12.5. The third-order valence-corrected chi connectivity index (χ3v) is 9.14.